The van der Waals surface area contributed by atoms with Crippen molar-refractivity contribution >= 4 is 33.4 Å². The Hall–Kier alpha value is -2.59. The third kappa shape index (κ3) is 3.83. The van der Waals surface area contributed by atoms with Crippen LogP contribution in [0.25, 0.3) is 11.0 Å². The first-order valence-corrected chi connectivity index (χ1v) is 9.82. The topological polar surface area (TPSA) is 85.2 Å². The smallest absolute Gasteiger partial charge is 0.230 e. The molecule has 1 aliphatic rings. The molecule has 0 unspecified atom stereocenters. The SMILES string of the molecule is CC(=O)Nc1nc(F)c(CN2C[C@H](Oc3ccnc4cn(C)nc34)C[C@@H]2C)s1. The van der Waals surface area contributed by atoms with Gasteiger partial charge in [0.2, 0.25) is 11.9 Å². The number of hydrogen-bond donors (Lipinski definition) is 1. The molecule has 0 aromatic carbocycles. The molecule has 1 saturated heterocycles. The summed E-state index contributed by atoms with van der Waals surface area (Å²) in [7, 11) is 1.85. The number of rotatable bonds is 5. The van der Waals surface area contributed by atoms with E-state index in [1.807, 2.05) is 19.3 Å². The lowest BCUT2D eigenvalue weighted by atomic mass is 10.2. The Morgan fingerprint density at radius 2 is 2.32 bits per heavy atom. The van der Waals surface area contributed by atoms with E-state index in [9.17, 15) is 9.18 Å². The van der Waals surface area contributed by atoms with Crippen molar-refractivity contribution in [3.63, 3.8) is 0 Å². The number of thiazole rings is 1. The molecule has 0 spiro atoms. The van der Waals surface area contributed by atoms with Gasteiger partial charge in [-0.2, -0.15) is 14.5 Å². The van der Waals surface area contributed by atoms with Gasteiger partial charge in [0.15, 0.2) is 16.4 Å². The number of aryl methyl sites for hydroxylation is 1. The zero-order chi connectivity index (χ0) is 19.8. The summed E-state index contributed by atoms with van der Waals surface area (Å²) in [5.41, 5.74) is 1.53. The van der Waals surface area contributed by atoms with Gasteiger partial charge >= 0.3 is 0 Å². The van der Waals surface area contributed by atoms with Gasteiger partial charge in [-0.05, 0) is 6.92 Å². The first-order chi connectivity index (χ1) is 13.4. The highest BCUT2D eigenvalue weighted by Crippen LogP contribution is 2.30. The number of amides is 1. The molecule has 2 atom stereocenters. The summed E-state index contributed by atoms with van der Waals surface area (Å²) in [6, 6.07) is 2.06. The second-order valence-corrected chi connectivity index (χ2v) is 8.10. The van der Waals surface area contributed by atoms with Crippen LogP contribution < -0.4 is 10.1 Å². The van der Waals surface area contributed by atoms with Gasteiger partial charge in [0.1, 0.15) is 11.6 Å². The summed E-state index contributed by atoms with van der Waals surface area (Å²) in [5.74, 6) is -0.0855. The van der Waals surface area contributed by atoms with E-state index in [0.717, 1.165) is 28.8 Å². The van der Waals surface area contributed by atoms with Gasteiger partial charge in [-0.15, -0.1) is 0 Å². The zero-order valence-corrected chi connectivity index (χ0v) is 16.7. The van der Waals surface area contributed by atoms with Crippen molar-refractivity contribution in [3.8, 4) is 5.75 Å². The molecule has 28 heavy (non-hydrogen) atoms. The van der Waals surface area contributed by atoms with E-state index in [-0.39, 0.29) is 23.2 Å². The normalized spacial score (nSPS) is 20.0. The maximum Gasteiger partial charge on any atom is 0.230 e. The summed E-state index contributed by atoms with van der Waals surface area (Å²) in [6.07, 6.45) is 4.38. The molecular weight excluding hydrogens is 383 g/mol. The number of hydrogen-bond acceptors (Lipinski definition) is 7. The van der Waals surface area contributed by atoms with Crippen LogP contribution in [-0.4, -0.2) is 49.2 Å². The van der Waals surface area contributed by atoms with Gasteiger partial charge in [0.25, 0.3) is 0 Å². The number of nitrogens with zero attached hydrogens (tertiary/aromatic N) is 5. The van der Waals surface area contributed by atoms with Gasteiger partial charge < -0.3 is 10.1 Å². The highest BCUT2D eigenvalue weighted by atomic mass is 32.1. The largest absolute Gasteiger partial charge is 0.487 e. The number of likely N-dealkylation sites (tertiary alicyclic amines) is 1. The van der Waals surface area contributed by atoms with Gasteiger partial charge in [-0.3, -0.25) is 19.4 Å². The maximum atomic E-state index is 14.1. The van der Waals surface area contributed by atoms with Crippen LogP contribution in [0.3, 0.4) is 0 Å². The molecule has 0 aliphatic carbocycles. The third-order valence-corrected chi connectivity index (χ3v) is 5.65. The number of anilines is 1. The van der Waals surface area contributed by atoms with Gasteiger partial charge in [-0.25, -0.2) is 0 Å². The van der Waals surface area contributed by atoms with Crippen LogP contribution in [0, 0.1) is 5.95 Å². The number of fused-ring (bicyclic) bond motifs is 1. The molecular formula is C18H21FN6O2S. The molecule has 8 nitrogen and oxygen atoms in total. The van der Waals surface area contributed by atoms with Crippen molar-refractivity contribution < 1.29 is 13.9 Å². The summed E-state index contributed by atoms with van der Waals surface area (Å²) in [4.78, 5) is 21.9. The Morgan fingerprint density at radius 3 is 3.11 bits per heavy atom. The number of carbonyl (C=O) groups excluding carboxylic acids is 1. The molecule has 3 aromatic heterocycles. The van der Waals surface area contributed by atoms with Crippen LogP contribution in [0.5, 0.6) is 5.75 Å². The van der Waals surface area contributed by atoms with Crippen molar-refractivity contribution in [1.29, 1.82) is 0 Å². The minimum atomic E-state index is -0.533. The summed E-state index contributed by atoms with van der Waals surface area (Å²) < 4.78 is 22.1. The highest BCUT2D eigenvalue weighted by Gasteiger charge is 2.32. The molecule has 148 valence electrons. The van der Waals surface area contributed by atoms with Crippen molar-refractivity contribution in [1.82, 2.24) is 24.6 Å². The fourth-order valence-corrected chi connectivity index (χ4v) is 4.37. The Kier molecular flexibility index (Phi) is 4.98. The number of pyridine rings is 1. The molecule has 0 radical (unpaired) electrons. The molecule has 4 heterocycles. The highest BCUT2D eigenvalue weighted by molar-refractivity contribution is 7.15. The summed E-state index contributed by atoms with van der Waals surface area (Å²) in [5, 5.41) is 7.24. The molecule has 3 aromatic rings. The van der Waals surface area contributed by atoms with E-state index in [1.165, 1.54) is 6.92 Å². The standard InChI is InChI=1S/C18H21FN6O2S/c1-10-6-12(27-14-4-5-20-13-8-24(3)23-16(13)14)7-25(10)9-15-17(19)22-18(28-15)21-11(2)26/h4-5,8,10,12H,6-7,9H2,1-3H3,(H,21,22,26)/t10-,12+/m0/s1. The van der Waals surface area contributed by atoms with E-state index in [4.69, 9.17) is 4.74 Å². The Labute approximate surface area is 165 Å². The predicted molar refractivity (Wildman–Crippen MR) is 104 cm³/mol. The maximum absolute atomic E-state index is 14.1. The molecule has 0 saturated carbocycles. The molecule has 1 fully saturated rings. The van der Waals surface area contributed by atoms with Crippen molar-refractivity contribution in [3.05, 3.63) is 29.3 Å². The fourth-order valence-electron chi connectivity index (χ4n) is 3.46. The van der Waals surface area contributed by atoms with Crippen molar-refractivity contribution in [2.45, 2.75) is 39.0 Å². The summed E-state index contributed by atoms with van der Waals surface area (Å²) >= 11 is 1.16. The number of halogens is 1. The molecule has 4 rings (SSSR count). The average Bonchev–Trinajstić information content (AvgIpc) is 3.25. The molecule has 1 amide bonds. The molecule has 0 bridgehead atoms. The van der Waals surface area contributed by atoms with Crippen molar-refractivity contribution in [2.24, 2.45) is 7.05 Å². The number of carbonyl (C=O) groups is 1. The number of aromatic nitrogens is 4. The third-order valence-electron chi connectivity index (χ3n) is 4.72. The molecule has 10 heteroatoms. The van der Waals surface area contributed by atoms with E-state index in [0.29, 0.717) is 23.7 Å². The summed E-state index contributed by atoms with van der Waals surface area (Å²) in [6.45, 7) is 4.57. The predicted octanol–water partition coefficient (Wildman–Crippen LogP) is 2.56. The van der Waals surface area contributed by atoms with E-state index < -0.39 is 5.95 Å². The fraction of sp³-hybridized carbons (Fsp3) is 0.444. The van der Waals surface area contributed by atoms with E-state index in [2.05, 4.69) is 32.2 Å². The zero-order valence-electron chi connectivity index (χ0n) is 15.8. The lowest BCUT2D eigenvalue weighted by Crippen LogP contribution is -2.28. The quantitative estimate of drug-likeness (QED) is 0.704. The van der Waals surface area contributed by atoms with Crippen LogP contribution in [0.1, 0.15) is 25.1 Å². The van der Waals surface area contributed by atoms with Crippen LogP contribution in [0.2, 0.25) is 0 Å². The second-order valence-electron chi connectivity index (χ2n) is 7.01. The van der Waals surface area contributed by atoms with E-state index in [1.54, 1.807) is 10.9 Å². The van der Waals surface area contributed by atoms with Crippen LogP contribution >= 0.6 is 11.3 Å². The molecule has 1 aliphatic heterocycles. The monoisotopic (exact) mass is 404 g/mol. The first kappa shape index (κ1) is 18.8. The first-order valence-electron chi connectivity index (χ1n) is 9.01. The van der Waals surface area contributed by atoms with E-state index >= 15 is 0 Å². The lowest BCUT2D eigenvalue weighted by Gasteiger charge is -2.19. The average molecular weight is 404 g/mol. The minimum absolute atomic E-state index is 0.0200. The Balaban J connectivity index is 1.45. The number of nitrogens with one attached hydrogen (secondary N) is 1. The number of ether oxygens (including phenoxy) is 1. The second kappa shape index (κ2) is 7.44. The lowest BCUT2D eigenvalue weighted by molar-refractivity contribution is -0.114. The Morgan fingerprint density at radius 1 is 1.50 bits per heavy atom. The van der Waals surface area contributed by atoms with Crippen LogP contribution in [0.15, 0.2) is 18.5 Å². The van der Waals surface area contributed by atoms with Gasteiger partial charge in [0.05, 0.1) is 11.1 Å². The van der Waals surface area contributed by atoms with Gasteiger partial charge in [0, 0.05) is 51.8 Å². The molecule has 1 N–H and O–H groups in total. The van der Waals surface area contributed by atoms with Crippen molar-refractivity contribution in [2.75, 3.05) is 11.9 Å². The Bertz CT molecular complexity index is 1020. The van der Waals surface area contributed by atoms with Gasteiger partial charge in [-0.1, -0.05) is 11.3 Å². The minimum Gasteiger partial charge on any atom is -0.487 e. The van der Waals surface area contributed by atoms with Crippen LogP contribution in [0.4, 0.5) is 9.52 Å². The van der Waals surface area contributed by atoms with Crippen LogP contribution in [-0.2, 0) is 18.4 Å².